The third-order valence-corrected chi connectivity index (χ3v) is 5.70. The maximum Gasteiger partial charge on any atom is 0.244 e. The molecular formula is C13H23N3O2S. The highest BCUT2D eigenvalue weighted by Crippen LogP contribution is 2.25. The zero-order chi connectivity index (χ0) is 13.9. The summed E-state index contributed by atoms with van der Waals surface area (Å²) in [5.41, 5.74) is 0. The minimum Gasteiger partial charge on any atom is -0.356 e. The van der Waals surface area contributed by atoms with E-state index in [4.69, 9.17) is 0 Å². The summed E-state index contributed by atoms with van der Waals surface area (Å²) in [6.45, 7) is 2.30. The van der Waals surface area contributed by atoms with Crippen LogP contribution in [0.3, 0.4) is 0 Å². The van der Waals surface area contributed by atoms with E-state index in [2.05, 4.69) is 5.32 Å². The second kappa shape index (κ2) is 6.07. The molecule has 19 heavy (non-hydrogen) atoms. The molecule has 0 unspecified atom stereocenters. The molecule has 1 aromatic heterocycles. The minimum atomic E-state index is -3.29. The van der Waals surface area contributed by atoms with Crippen LogP contribution >= 0.6 is 0 Å². The summed E-state index contributed by atoms with van der Waals surface area (Å²) >= 11 is 0. The summed E-state index contributed by atoms with van der Waals surface area (Å²) in [6.07, 6.45) is 6.51. The molecule has 0 aromatic carbocycles. The van der Waals surface area contributed by atoms with Gasteiger partial charge in [0.2, 0.25) is 10.0 Å². The highest BCUT2D eigenvalue weighted by atomic mass is 32.2. The van der Waals surface area contributed by atoms with Gasteiger partial charge >= 0.3 is 0 Å². The van der Waals surface area contributed by atoms with Crippen molar-refractivity contribution < 1.29 is 8.42 Å². The van der Waals surface area contributed by atoms with Gasteiger partial charge in [-0.15, -0.1) is 0 Å². The van der Waals surface area contributed by atoms with Gasteiger partial charge in [-0.2, -0.15) is 4.31 Å². The Hall–Kier alpha value is -0.850. The normalized spacial score (nSPS) is 18.8. The molecule has 1 saturated heterocycles. The van der Waals surface area contributed by atoms with E-state index in [1.54, 1.807) is 27.3 Å². The van der Waals surface area contributed by atoms with E-state index in [1.807, 2.05) is 14.1 Å². The van der Waals surface area contributed by atoms with Gasteiger partial charge in [0.05, 0.1) is 4.90 Å². The van der Waals surface area contributed by atoms with E-state index in [0.717, 1.165) is 25.8 Å². The van der Waals surface area contributed by atoms with Crippen LogP contribution < -0.4 is 5.32 Å². The van der Waals surface area contributed by atoms with Crippen LogP contribution in [0.25, 0.3) is 0 Å². The molecule has 1 aromatic rings. The van der Waals surface area contributed by atoms with Gasteiger partial charge in [-0.25, -0.2) is 8.42 Å². The molecule has 0 amide bonds. The maximum atomic E-state index is 12.4. The second-order valence-electron chi connectivity index (χ2n) is 5.25. The smallest absolute Gasteiger partial charge is 0.244 e. The van der Waals surface area contributed by atoms with Crippen molar-refractivity contribution in [3.05, 3.63) is 18.5 Å². The minimum absolute atomic E-state index is 0.406. The molecule has 0 radical (unpaired) electrons. The number of nitrogens with one attached hydrogen (secondary N) is 1. The number of sulfonamides is 1. The predicted octanol–water partition coefficient (Wildman–Crippen LogP) is 1.04. The summed E-state index contributed by atoms with van der Waals surface area (Å²) in [5, 5.41) is 3.15. The average molecular weight is 285 g/mol. The Bertz CT molecular complexity index is 502. The van der Waals surface area contributed by atoms with Crippen LogP contribution in [-0.2, 0) is 17.1 Å². The van der Waals surface area contributed by atoms with Gasteiger partial charge in [0.25, 0.3) is 0 Å². The van der Waals surface area contributed by atoms with E-state index in [9.17, 15) is 8.42 Å². The molecular weight excluding hydrogens is 262 g/mol. The largest absolute Gasteiger partial charge is 0.356 e. The molecule has 1 fully saturated rings. The van der Waals surface area contributed by atoms with Crippen molar-refractivity contribution in [1.29, 1.82) is 0 Å². The quantitative estimate of drug-likeness (QED) is 0.879. The molecule has 0 aliphatic carbocycles. The third-order valence-electron chi connectivity index (χ3n) is 3.82. The Kier molecular flexibility index (Phi) is 4.65. The fraction of sp³-hybridized carbons (Fsp3) is 0.692. The molecule has 2 heterocycles. The van der Waals surface area contributed by atoms with Crippen molar-refractivity contribution in [3.63, 3.8) is 0 Å². The molecule has 0 bridgehead atoms. The number of hydrogen-bond donors (Lipinski definition) is 1. The number of nitrogens with zero attached hydrogens (tertiary/aromatic N) is 2. The Balaban J connectivity index is 1.97. The van der Waals surface area contributed by atoms with Crippen LogP contribution in [0.1, 0.15) is 19.3 Å². The Morgan fingerprint density at radius 1 is 1.37 bits per heavy atom. The summed E-state index contributed by atoms with van der Waals surface area (Å²) in [6, 6.07) is 1.67. The second-order valence-corrected chi connectivity index (χ2v) is 7.19. The molecule has 6 heteroatoms. The lowest BCUT2D eigenvalue weighted by molar-refractivity contribution is 0.263. The summed E-state index contributed by atoms with van der Waals surface area (Å²) in [5.74, 6) is 0.648. The molecule has 108 valence electrons. The van der Waals surface area contributed by atoms with Gasteiger partial charge in [-0.05, 0) is 44.8 Å². The fourth-order valence-electron chi connectivity index (χ4n) is 2.57. The lowest BCUT2D eigenvalue weighted by atomic mass is 9.95. The first-order chi connectivity index (χ1) is 9.04. The third kappa shape index (κ3) is 3.38. The van der Waals surface area contributed by atoms with Crippen molar-refractivity contribution in [3.8, 4) is 0 Å². The van der Waals surface area contributed by atoms with Crippen molar-refractivity contribution in [2.45, 2.75) is 24.2 Å². The van der Waals surface area contributed by atoms with Gasteiger partial charge in [0, 0.05) is 32.5 Å². The summed E-state index contributed by atoms with van der Waals surface area (Å²) in [4.78, 5) is 0.406. The van der Waals surface area contributed by atoms with Crippen molar-refractivity contribution in [2.24, 2.45) is 13.0 Å². The van der Waals surface area contributed by atoms with Crippen LogP contribution in [0, 0.1) is 5.92 Å². The Morgan fingerprint density at radius 3 is 2.58 bits per heavy atom. The topological polar surface area (TPSA) is 54.3 Å². The van der Waals surface area contributed by atoms with Crippen molar-refractivity contribution >= 4 is 10.0 Å². The molecule has 5 nitrogen and oxygen atoms in total. The van der Waals surface area contributed by atoms with E-state index in [-0.39, 0.29) is 0 Å². The van der Waals surface area contributed by atoms with Crippen LogP contribution in [0.2, 0.25) is 0 Å². The molecule has 1 N–H and O–H groups in total. The standard InChI is InChI=1S/C13H23N3O2S/c1-14-7-3-12-4-9-16(10-5-12)19(17,18)13-6-8-15(2)11-13/h6,8,11-12,14H,3-5,7,9-10H2,1-2H3. The first-order valence-electron chi connectivity index (χ1n) is 6.81. The highest BCUT2D eigenvalue weighted by Gasteiger charge is 2.29. The predicted molar refractivity (Wildman–Crippen MR) is 75.4 cm³/mol. The highest BCUT2D eigenvalue weighted by molar-refractivity contribution is 7.89. The number of hydrogen-bond acceptors (Lipinski definition) is 3. The lowest BCUT2D eigenvalue weighted by Crippen LogP contribution is -2.38. The molecule has 0 spiro atoms. The lowest BCUT2D eigenvalue weighted by Gasteiger charge is -2.30. The van der Waals surface area contributed by atoms with E-state index < -0.39 is 10.0 Å². The van der Waals surface area contributed by atoms with Crippen LogP contribution in [0.15, 0.2) is 23.4 Å². The monoisotopic (exact) mass is 285 g/mol. The number of aromatic nitrogens is 1. The summed E-state index contributed by atoms with van der Waals surface area (Å²) in [7, 11) is 0.501. The Labute approximate surface area is 115 Å². The zero-order valence-corrected chi connectivity index (χ0v) is 12.5. The zero-order valence-electron chi connectivity index (χ0n) is 11.7. The summed E-state index contributed by atoms with van der Waals surface area (Å²) < 4.78 is 28.2. The van der Waals surface area contributed by atoms with Crippen LogP contribution in [-0.4, -0.2) is 44.0 Å². The molecule has 0 saturated carbocycles. The van der Waals surface area contributed by atoms with Crippen molar-refractivity contribution in [2.75, 3.05) is 26.7 Å². The van der Waals surface area contributed by atoms with Gasteiger partial charge in [0.1, 0.15) is 0 Å². The van der Waals surface area contributed by atoms with Crippen LogP contribution in [0.5, 0.6) is 0 Å². The maximum absolute atomic E-state index is 12.4. The Morgan fingerprint density at radius 2 is 2.05 bits per heavy atom. The van der Waals surface area contributed by atoms with Gasteiger partial charge in [-0.1, -0.05) is 0 Å². The molecule has 1 aliphatic heterocycles. The number of piperidine rings is 1. The number of rotatable bonds is 5. The average Bonchev–Trinajstić information content (AvgIpc) is 2.84. The fourth-order valence-corrected chi connectivity index (χ4v) is 4.09. The van der Waals surface area contributed by atoms with Gasteiger partial charge in [0.15, 0.2) is 0 Å². The number of aryl methyl sites for hydroxylation is 1. The molecule has 0 atom stereocenters. The first-order valence-corrected chi connectivity index (χ1v) is 8.25. The molecule has 1 aliphatic rings. The van der Waals surface area contributed by atoms with Crippen molar-refractivity contribution in [1.82, 2.24) is 14.2 Å². The van der Waals surface area contributed by atoms with Gasteiger partial charge < -0.3 is 9.88 Å². The van der Waals surface area contributed by atoms with E-state index in [0.29, 0.717) is 23.9 Å². The van der Waals surface area contributed by atoms with E-state index >= 15 is 0 Å². The molecule has 2 rings (SSSR count). The van der Waals surface area contributed by atoms with Crippen LogP contribution in [0.4, 0.5) is 0 Å². The SMILES string of the molecule is CNCCC1CCN(S(=O)(=O)c2ccn(C)c2)CC1. The first kappa shape index (κ1) is 14.6. The van der Waals surface area contributed by atoms with E-state index in [1.165, 1.54) is 0 Å². The van der Waals surface area contributed by atoms with Gasteiger partial charge in [-0.3, -0.25) is 0 Å².